The number of carboxylic acid groups (broad SMARTS) is 1. The van der Waals surface area contributed by atoms with E-state index in [9.17, 15) is 4.79 Å². The minimum Gasteiger partial charge on any atom is -0.478 e. The number of hydrogen-bond acceptors (Lipinski definition) is 2. The zero-order valence-corrected chi connectivity index (χ0v) is 13.8. The highest BCUT2D eigenvalue weighted by Crippen LogP contribution is 2.03. The molecule has 0 saturated carbocycles. The van der Waals surface area contributed by atoms with E-state index in [0.717, 1.165) is 0 Å². The third-order valence-corrected chi connectivity index (χ3v) is 2.86. The van der Waals surface area contributed by atoms with Crippen molar-refractivity contribution in [2.75, 3.05) is 14.1 Å². The first-order valence-corrected chi connectivity index (χ1v) is 6.12. The van der Waals surface area contributed by atoms with E-state index >= 15 is 0 Å². The van der Waals surface area contributed by atoms with Gasteiger partial charge >= 0.3 is 5.97 Å². The Balaban J connectivity index is -0.0000000749. The van der Waals surface area contributed by atoms with Crippen LogP contribution in [0.2, 0.25) is 0 Å². The van der Waals surface area contributed by atoms with Crippen LogP contribution in [0.3, 0.4) is 0 Å². The number of nitrogens with zero attached hydrogens (tertiary/aromatic N) is 1. The van der Waals surface area contributed by atoms with Gasteiger partial charge in [0.05, 0.1) is 0 Å². The maximum absolute atomic E-state index is 10.3. The fraction of sp³-hybridized carbons (Fsp3) is 0.357. The molecule has 0 aliphatic rings. The van der Waals surface area contributed by atoms with Gasteiger partial charge in [0.1, 0.15) is 0 Å². The Morgan fingerprint density at radius 3 is 1.77 bits per heavy atom. The zero-order valence-electron chi connectivity index (χ0n) is 13.1. The largest absolute Gasteiger partial charge is 0.478 e. The van der Waals surface area contributed by atoms with Crippen LogP contribution in [0.1, 0.15) is 12.5 Å². The Labute approximate surface area is 136 Å². The third kappa shape index (κ3) is 13.5. The molecule has 0 aromatic heterocycles. The Hall–Kier alpha value is -1.48. The van der Waals surface area contributed by atoms with Gasteiger partial charge in [-0.2, -0.15) is 0 Å². The second kappa shape index (κ2) is 17.6. The normalized spacial score (nSPS) is 9.32. The minimum absolute atomic E-state index is 0. The average Bonchev–Trinajstić information content (AvgIpc) is 2.38. The molecule has 132 valence electrons. The van der Waals surface area contributed by atoms with Crippen molar-refractivity contribution in [1.82, 2.24) is 4.90 Å². The summed E-state index contributed by atoms with van der Waals surface area (Å²) in [5.74, 6) is -0.317. The number of aliphatic carboxylic acids is 1. The van der Waals surface area contributed by atoms with E-state index < -0.39 is 5.97 Å². The van der Waals surface area contributed by atoms with Crippen molar-refractivity contribution in [2.45, 2.75) is 18.8 Å². The van der Waals surface area contributed by atoms with Crippen molar-refractivity contribution in [1.29, 1.82) is 0 Å². The molecule has 9 N–H and O–H groups in total. The molecule has 1 rings (SSSR count). The van der Waals surface area contributed by atoms with E-state index in [1.807, 2.05) is 44.4 Å². The highest BCUT2D eigenvalue weighted by molar-refractivity contribution is 6.17. The Bertz CT molecular complexity index is 386. The molecule has 22 heavy (non-hydrogen) atoms. The van der Waals surface area contributed by atoms with Gasteiger partial charge < -0.3 is 31.9 Å². The molecular weight excluding hydrogens is 314 g/mol. The lowest BCUT2D eigenvalue weighted by molar-refractivity contribution is -0.133. The molecule has 7 nitrogen and oxygen atoms in total. The van der Waals surface area contributed by atoms with Crippen molar-refractivity contribution in [2.24, 2.45) is 0 Å². The van der Waals surface area contributed by atoms with Gasteiger partial charge in [-0.15, -0.1) is 11.6 Å². The van der Waals surface area contributed by atoms with E-state index in [1.165, 1.54) is 5.56 Å². The molecule has 0 saturated heterocycles. The Morgan fingerprint density at radius 1 is 1.18 bits per heavy atom. The number of hydrogen-bond donors (Lipinski definition) is 1. The lowest BCUT2D eigenvalue weighted by Gasteiger charge is -2.18. The first kappa shape index (κ1) is 32.5. The van der Waals surface area contributed by atoms with Crippen molar-refractivity contribution >= 4 is 17.6 Å². The summed E-state index contributed by atoms with van der Waals surface area (Å²) < 4.78 is 0. The Morgan fingerprint density at radius 2 is 1.59 bits per heavy atom. The van der Waals surface area contributed by atoms with Crippen LogP contribution in [0, 0.1) is 0 Å². The summed E-state index contributed by atoms with van der Waals surface area (Å²) in [6, 6.07) is 9.86. The zero-order chi connectivity index (χ0) is 14.1. The standard InChI is InChI=1S/C7H7Cl.C7H13NO2.4H2O/c8-6-7-4-2-1-3-5-7;1-5(7(9)10)6(2)8(3)4;;;;/h1-5H,6H2;6H,1H2,2-4H3,(H,9,10);4*1H2. The molecule has 1 aromatic rings. The van der Waals surface area contributed by atoms with Crippen LogP contribution in [0.15, 0.2) is 42.5 Å². The monoisotopic (exact) mass is 341 g/mol. The third-order valence-electron chi connectivity index (χ3n) is 2.55. The van der Waals surface area contributed by atoms with Crippen LogP contribution >= 0.6 is 11.6 Å². The lowest BCUT2D eigenvalue weighted by Crippen LogP contribution is -2.29. The second-order valence-electron chi connectivity index (χ2n) is 4.09. The van der Waals surface area contributed by atoms with Crippen molar-refractivity contribution < 1.29 is 31.8 Å². The fourth-order valence-corrected chi connectivity index (χ4v) is 1.24. The molecule has 8 heteroatoms. The number of halogens is 1. The predicted molar refractivity (Wildman–Crippen MR) is 90.4 cm³/mol. The molecule has 0 heterocycles. The highest BCUT2D eigenvalue weighted by atomic mass is 35.5. The van der Waals surface area contributed by atoms with Crippen LogP contribution in [0.4, 0.5) is 0 Å². The molecule has 0 spiro atoms. The van der Waals surface area contributed by atoms with E-state index in [2.05, 4.69) is 6.58 Å². The van der Waals surface area contributed by atoms with Crippen LogP contribution < -0.4 is 0 Å². The van der Waals surface area contributed by atoms with E-state index in [-0.39, 0.29) is 33.5 Å². The predicted octanol–water partition coefficient (Wildman–Crippen LogP) is -0.296. The first-order chi connectivity index (χ1) is 8.40. The van der Waals surface area contributed by atoms with E-state index in [1.54, 1.807) is 11.8 Å². The van der Waals surface area contributed by atoms with Gasteiger partial charge in [0.15, 0.2) is 0 Å². The summed E-state index contributed by atoms with van der Waals surface area (Å²) >= 11 is 5.53. The minimum atomic E-state index is -0.929. The maximum Gasteiger partial charge on any atom is 0.332 e. The molecule has 1 unspecified atom stereocenters. The van der Waals surface area contributed by atoms with Gasteiger partial charge in [-0.05, 0) is 26.6 Å². The number of alkyl halides is 1. The fourth-order valence-electron chi connectivity index (χ4n) is 1.06. The SMILES string of the molecule is C=C(C(=O)O)C(C)N(C)C.ClCc1ccccc1.O.O.O.O. The average molecular weight is 342 g/mol. The van der Waals surface area contributed by atoms with Gasteiger partial charge in [-0.3, -0.25) is 0 Å². The topological polar surface area (TPSA) is 167 Å². The van der Waals surface area contributed by atoms with Crippen molar-refractivity contribution in [3.63, 3.8) is 0 Å². The number of likely N-dealkylation sites (N-methyl/N-ethyl adjacent to an activating group) is 1. The molecule has 0 fully saturated rings. The molecule has 0 aliphatic heterocycles. The van der Waals surface area contributed by atoms with Gasteiger partial charge in [-0.1, -0.05) is 36.9 Å². The van der Waals surface area contributed by atoms with Crippen molar-refractivity contribution in [3.05, 3.63) is 48.0 Å². The summed E-state index contributed by atoms with van der Waals surface area (Å²) in [6.07, 6.45) is 0. The molecule has 0 radical (unpaired) electrons. The molecular formula is C14H28ClNO6. The van der Waals surface area contributed by atoms with Crippen LogP contribution in [-0.2, 0) is 10.7 Å². The smallest absolute Gasteiger partial charge is 0.332 e. The molecule has 0 amide bonds. The number of carbonyl (C=O) groups is 1. The van der Waals surface area contributed by atoms with Gasteiger partial charge in [0.25, 0.3) is 0 Å². The van der Waals surface area contributed by atoms with Crippen molar-refractivity contribution in [3.8, 4) is 0 Å². The summed E-state index contributed by atoms with van der Waals surface area (Å²) in [5, 5.41) is 8.48. The molecule has 1 aromatic carbocycles. The van der Waals surface area contributed by atoms with Crippen LogP contribution in [-0.4, -0.2) is 58.0 Å². The number of benzene rings is 1. The van der Waals surface area contributed by atoms with E-state index in [0.29, 0.717) is 5.88 Å². The number of rotatable bonds is 4. The van der Waals surface area contributed by atoms with E-state index in [4.69, 9.17) is 16.7 Å². The molecule has 0 bridgehead atoms. The summed E-state index contributed by atoms with van der Waals surface area (Å²) in [6.45, 7) is 5.24. The molecule has 1 atom stereocenters. The Kier molecular flexibility index (Phi) is 25.9. The quantitative estimate of drug-likeness (QED) is 0.587. The van der Waals surface area contributed by atoms with Crippen LogP contribution in [0.25, 0.3) is 0 Å². The lowest BCUT2D eigenvalue weighted by atomic mass is 10.1. The summed E-state index contributed by atoms with van der Waals surface area (Å²) in [4.78, 5) is 12.1. The van der Waals surface area contributed by atoms with Gasteiger partial charge in [-0.25, -0.2) is 4.79 Å². The summed E-state index contributed by atoms with van der Waals surface area (Å²) in [5.41, 5.74) is 1.40. The molecule has 0 aliphatic carbocycles. The van der Waals surface area contributed by atoms with Crippen LogP contribution in [0.5, 0.6) is 0 Å². The van der Waals surface area contributed by atoms with Gasteiger partial charge in [0, 0.05) is 17.5 Å². The van der Waals surface area contributed by atoms with Gasteiger partial charge in [0.2, 0.25) is 0 Å². The highest BCUT2D eigenvalue weighted by Gasteiger charge is 2.14. The maximum atomic E-state index is 10.3. The second-order valence-corrected chi connectivity index (χ2v) is 4.36. The summed E-state index contributed by atoms with van der Waals surface area (Å²) in [7, 11) is 3.64. The number of carboxylic acids is 1. The first-order valence-electron chi connectivity index (χ1n) is 5.58.